The molecule has 1 aliphatic rings. The Labute approximate surface area is 134 Å². The first kappa shape index (κ1) is 16.3. The van der Waals surface area contributed by atoms with Crippen LogP contribution >= 0.6 is 15.9 Å². The van der Waals surface area contributed by atoms with Crippen molar-refractivity contribution in [1.29, 1.82) is 0 Å². The van der Waals surface area contributed by atoms with Crippen LogP contribution < -0.4 is 15.4 Å². The van der Waals surface area contributed by atoms with Crippen molar-refractivity contribution in [2.24, 2.45) is 0 Å². The monoisotopic (exact) mass is 354 g/mol. The normalized spacial score (nSPS) is 14.3. The maximum Gasteiger partial charge on any atom is 0.223 e. The molecule has 21 heavy (non-hydrogen) atoms. The van der Waals surface area contributed by atoms with E-state index in [0.717, 1.165) is 35.2 Å². The Kier molecular flexibility index (Phi) is 6.06. The Hall–Kier alpha value is -1.07. The average Bonchev–Trinajstić information content (AvgIpc) is 3.23. The van der Waals surface area contributed by atoms with Gasteiger partial charge in [-0.25, -0.2) is 0 Å². The standard InChI is InChI=1S/C16H23BrN2O2/c1-11(2)18-10-12-9-14(5-6-15(12)17)21-8-7-16(20)19-13-3-4-13/h5-6,9,11,13,18H,3-4,7-8,10H2,1-2H3,(H,19,20). The minimum atomic E-state index is 0.0799. The summed E-state index contributed by atoms with van der Waals surface area (Å²) in [6.07, 6.45) is 2.64. The van der Waals surface area contributed by atoms with Crippen molar-refractivity contribution in [1.82, 2.24) is 10.6 Å². The van der Waals surface area contributed by atoms with Crippen LogP contribution in [0.5, 0.6) is 5.75 Å². The van der Waals surface area contributed by atoms with Gasteiger partial charge in [-0.2, -0.15) is 0 Å². The van der Waals surface area contributed by atoms with Crippen molar-refractivity contribution < 1.29 is 9.53 Å². The SMILES string of the molecule is CC(C)NCc1cc(OCCC(=O)NC2CC2)ccc1Br. The fourth-order valence-electron chi connectivity index (χ4n) is 1.88. The number of hydrogen-bond acceptors (Lipinski definition) is 3. The van der Waals surface area contributed by atoms with Crippen molar-refractivity contribution in [3.63, 3.8) is 0 Å². The van der Waals surface area contributed by atoms with Crippen LogP contribution in [0.1, 0.15) is 38.7 Å². The van der Waals surface area contributed by atoms with E-state index in [0.29, 0.717) is 25.1 Å². The van der Waals surface area contributed by atoms with Gasteiger partial charge in [0.05, 0.1) is 13.0 Å². The van der Waals surface area contributed by atoms with Gasteiger partial charge in [0, 0.05) is 23.1 Å². The number of amides is 1. The number of nitrogens with one attached hydrogen (secondary N) is 2. The first-order valence-electron chi connectivity index (χ1n) is 7.48. The maximum atomic E-state index is 11.6. The third-order valence-corrected chi connectivity index (χ3v) is 4.03. The molecule has 1 aromatic carbocycles. The summed E-state index contributed by atoms with van der Waals surface area (Å²) in [5, 5.41) is 6.34. The molecule has 0 unspecified atom stereocenters. The van der Waals surface area contributed by atoms with Gasteiger partial charge in [-0.05, 0) is 36.6 Å². The fourth-order valence-corrected chi connectivity index (χ4v) is 2.27. The molecule has 0 spiro atoms. The molecule has 0 saturated heterocycles. The second-order valence-corrected chi connectivity index (χ2v) is 6.58. The lowest BCUT2D eigenvalue weighted by atomic mass is 10.2. The minimum absolute atomic E-state index is 0.0799. The fraction of sp³-hybridized carbons (Fsp3) is 0.562. The summed E-state index contributed by atoms with van der Waals surface area (Å²) in [6.45, 7) is 5.44. The largest absolute Gasteiger partial charge is 0.493 e. The number of carbonyl (C=O) groups is 1. The molecule has 1 aromatic rings. The Morgan fingerprint density at radius 3 is 2.86 bits per heavy atom. The highest BCUT2D eigenvalue weighted by molar-refractivity contribution is 9.10. The second kappa shape index (κ2) is 7.80. The molecule has 2 rings (SSSR count). The molecule has 2 N–H and O–H groups in total. The molecule has 5 heteroatoms. The molecule has 0 atom stereocenters. The van der Waals surface area contributed by atoms with Gasteiger partial charge in [-0.3, -0.25) is 4.79 Å². The van der Waals surface area contributed by atoms with Crippen molar-refractivity contribution in [3.05, 3.63) is 28.2 Å². The van der Waals surface area contributed by atoms with Crippen molar-refractivity contribution >= 4 is 21.8 Å². The third-order valence-electron chi connectivity index (χ3n) is 3.26. The van der Waals surface area contributed by atoms with Gasteiger partial charge < -0.3 is 15.4 Å². The Morgan fingerprint density at radius 1 is 1.43 bits per heavy atom. The van der Waals surface area contributed by atoms with Crippen molar-refractivity contribution in [3.8, 4) is 5.75 Å². The molecule has 0 aromatic heterocycles. The van der Waals surface area contributed by atoms with Gasteiger partial charge in [0.1, 0.15) is 5.75 Å². The molecule has 4 nitrogen and oxygen atoms in total. The molecule has 1 amide bonds. The van der Waals surface area contributed by atoms with Crippen LogP contribution in [0.3, 0.4) is 0 Å². The zero-order valence-corrected chi connectivity index (χ0v) is 14.2. The van der Waals surface area contributed by atoms with Crippen LogP contribution in [-0.2, 0) is 11.3 Å². The van der Waals surface area contributed by atoms with Crippen LogP contribution in [0.2, 0.25) is 0 Å². The molecule has 1 aliphatic carbocycles. The first-order valence-corrected chi connectivity index (χ1v) is 8.28. The summed E-state index contributed by atoms with van der Waals surface area (Å²) in [5.74, 6) is 0.884. The predicted octanol–water partition coefficient (Wildman–Crippen LogP) is 2.99. The zero-order chi connectivity index (χ0) is 15.2. The summed E-state index contributed by atoms with van der Waals surface area (Å²) >= 11 is 3.55. The predicted molar refractivity (Wildman–Crippen MR) is 87.4 cm³/mol. The summed E-state index contributed by atoms with van der Waals surface area (Å²) in [7, 11) is 0. The summed E-state index contributed by atoms with van der Waals surface area (Å²) in [6, 6.07) is 6.77. The lowest BCUT2D eigenvalue weighted by Gasteiger charge is -2.12. The molecule has 0 bridgehead atoms. The quantitative estimate of drug-likeness (QED) is 0.754. The highest BCUT2D eigenvalue weighted by atomic mass is 79.9. The van der Waals surface area contributed by atoms with E-state index in [1.54, 1.807) is 0 Å². The molecule has 0 radical (unpaired) electrons. The van der Waals surface area contributed by atoms with Gasteiger partial charge in [0.25, 0.3) is 0 Å². The molecule has 0 heterocycles. The smallest absolute Gasteiger partial charge is 0.223 e. The highest BCUT2D eigenvalue weighted by Gasteiger charge is 2.22. The van der Waals surface area contributed by atoms with E-state index in [1.807, 2.05) is 18.2 Å². The van der Waals surface area contributed by atoms with Gasteiger partial charge in [0.2, 0.25) is 5.91 Å². The summed E-state index contributed by atoms with van der Waals surface area (Å²) in [4.78, 5) is 11.6. The second-order valence-electron chi connectivity index (χ2n) is 5.73. The first-order chi connectivity index (χ1) is 10.0. The Bertz CT molecular complexity index is 487. The van der Waals surface area contributed by atoms with Crippen molar-refractivity contribution in [2.45, 2.75) is 51.7 Å². The Morgan fingerprint density at radius 2 is 2.19 bits per heavy atom. The van der Waals surface area contributed by atoms with Crippen LogP contribution in [-0.4, -0.2) is 24.6 Å². The number of rotatable bonds is 8. The lowest BCUT2D eigenvalue weighted by molar-refractivity contribution is -0.121. The van der Waals surface area contributed by atoms with Crippen LogP contribution in [0.15, 0.2) is 22.7 Å². The van der Waals surface area contributed by atoms with E-state index in [1.165, 1.54) is 0 Å². The zero-order valence-electron chi connectivity index (χ0n) is 12.6. The van der Waals surface area contributed by atoms with E-state index in [-0.39, 0.29) is 5.91 Å². The van der Waals surface area contributed by atoms with E-state index in [4.69, 9.17) is 4.74 Å². The lowest BCUT2D eigenvalue weighted by Crippen LogP contribution is -2.26. The molecule has 1 saturated carbocycles. The van der Waals surface area contributed by atoms with E-state index >= 15 is 0 Å². The Balaban J connectivity index is 1.79. The number of ether oxygens (including phenoxy) is 1. The summed E-state index contributed by atoms with van der Waals surface area (Å²) in [5.41, 5.74) is 1.16. The van der Waals surface area contributed by atoms with Crippen LogP contribution in [0.25, 0.3) is 0 Å². The van der Waals surface area contributed by atoms with Gasteiger partial charge in [-0.1, -0.05) is 29.8 Å². The van der Waals surface area contributed by atoms with Crippen molar-refractivity contribution in [2.75, 3.05) is 6.61 Å². The van der Waals surface area contributed by atoms with Gasteiger partial charge in [0.15, 0.2) is 0 Å². The average molecular weight is 355 g/mol. The maximum absolute atomic E-state index is 11.6. The molecule has 116 valence electrons. The molecular formula is C16H23BrN2O2. The number of benzene rings is 1. The number of carbonyl (C=O) groups excluding carboxylic acids is 1. The summed E-state index contributed by atoms with van der Waals surface area (Å²) < 4.78 is 6.74. The molecule has 0 aliphatic heterocycles. The molecule has 1 fully saturated rings. The van der Waals surface area contributed by atoms with Crippen LogP contribution in [0, 0.1) is 0 Å². The van der Waals surface area contributed by atoms with Gasteiger partial charge in [-0.15, -0.1) is 0 Å². The topological polar surface area (TPSA) is 50.4 Å². The van der Waals surface area contributed by atoms with E-state index in [2.05, 4.69) is 40.4 Å². The highest BCUT2D eigenvalue weighted by Crippen LogP contribution is 2.23. The van der Waals surface area contributed by atoms with Gasteiger partial charge >= 0.3 is 0 Å². The van der Waals surface area contributed by atoms with E-state index in [9.17, 15) is 4.79 Å². The minimum Gasteiger partial charge on any atom is -0.493 e. The third kappa shape index (κ3) is 6.06. The van der Waals surface area contributed by atoms with E-state index < -0.39 is 0 Å². The molecular weight excluding hydrogens is 332 g/mol. The van der Waals surface area contributed by atoms with Crippen LogP contribution in [0.4, 0.5) is 0 Å². The number of hydrogen-bond donors (Lipinski definition) is 2. The number of halogens is 1.